The lowest BCUT2D eigenvalue weighted by molar-refractivity contribution is -0.131. The molecule has 0 radical (unpaired) electrons. The number of β-amino-alcohol motifs (C(OH)–C–C–N with tert-alkyl or cyclic N) is 1. The van der Waals surface area contributed by atoms with Crippen molar-refractivity contribution in [3.8, 4) is 5.75 Å². The maximum atomic E-state index is 12.4. The molecule has 2 aliphatic rings. The van der Waals surface area contributed by atoms with Crippen LogP contribution < -0.4 is 4.74 Å². The summed E-state index contributed by atoms with van der Waals surface area (Å²) in [5, 5.41) is 10.9. The molecule has 0 aliphatic carbocycles. The molecule has 0 unspecified atom stereocenters. The van der Waals surface area contributed by atoms with Crippen LogP contribution >= 0.6 is 0 Å². The standard InChI is InChI=1S/C19H29N3O3/c1-20-10-12-21(13-11-20)15-19(24)8-9-22(16-19)18(23)7-14-25-17-5-3-2-4-6-17/h2-6,24H,7-16H2,1H3/t19-/m1/s1. The van der Waals surface area contributed by atoms with Gasteiger partial charge in [-0.3, -0.25) is 9.69 Å². The summed E-state index contributed by atoms with van der Waals surface area (Å²) in [6.07, 6.45) is 1.00. The molecule has 2 heterocycles. The summed E-state index contributed by atoms with van der Waals surface area (Å²) in [6.45, 7) is 6.14. The van der Waals surface area contributed by atoms with Gasteiger partial charge in [0.15, 0.2) is 0 Å². The third kappa shape index (κ3) is 5.17. The molecule has 2 fully saturated rings. The van der Waals surface area contributed by atoms with E-state index >= 15 is 0 Å². The molecular formula is C19H29N3O3. The van der Waals surface area contributed by atoms with E-state index in [0.29, 0.717) is 39.1 Å². The van der Waals surface area contributed by atoms with Gasteiger partial charge in [0.2, 0.25) is 5.91 Å². The van der Waals surface area contributed by atoms with Gasteiger partial charge in [0.05, 0.1) is 25.2 Å². The van der Waals surface area contributed by atoms with Crippen LogP contribution in [0.5, 0.6) is 5.75 Å². The number of likely N-dealkylation sites (tertiary alicyclic amines) is 1. The predicted octanol–water partition coefficient (Wildman–Crippen LogP) is 0.666. The van der Waals surface area contributed by atoms with Gasteiger partial charge in [-0.2, -0.15) is 0 Å². The zero-order valence-electron chi connectivity index (χ0n) is 15.1. The minimum absolute atomic E-state index is 0.0604. The molecule has 0 spiro atoms. The second-order valence-corrected chi connectivity index (χ2v) is 7.28. The van der Waals surface area contributed by atoms with E-state index in [0.717, 1.165) is 31.9 Å². The minimum Gasteiger partial charge on any atom is -0.493 e. The molecule has 2 aliphatic heterocycles. The number of ether oxygens (including phenoxy) is 1. The van der Waals surface area contributed by atoms with Crippen LogP contribution in [0.4, 0.5) is 0 Å². The van der Waals surface area contributed by atoms with Gasteiger partial charge in [0.1, 0.15) is 5.75 Å². The number of rotatable bonds is 6. The SMILES string of the molecule is CN1CCN(C[C@]2(O)CCN(C(=O)CCOc3ccccc3)C2)CC1. The fourth-order valence-electron chi connectivity index (χ4n) is 3.55. The highest BCUT2D eigenvalue weighted by Gasteiger charge is 2.39. The van der Waals surface area contributed by atoms with Crippen molar-refractivity contribution in [3.05, 3.63) is 30.3 Å². The number of carbonyl (C=O) groups excluding carboxylic acids is 1. The van der Waals surface area contributed by atoms with Gasteiger partial charge in [-0.1, -0.05) is 18.2 Å². The number of likely N-dealkylation sites (N-methyl/N-ethyl adjacent to an activating group) is 1. The van der Waals surface area contributed by atoms with Gasteiger partial charge in [-0.25, -0.2) is 0 Å². The summed E-state index contributed by atoms with van der Waals surface area (Å²) in [4.78, 5) is 18.8. The topological polar surface area (TPSA) is 56.2 Å². The van der Waals surface area contributed by atoms with Gasteiger partial charge in [0.25, 0.3) is 0 Å². The number of para-hydroxylation sites is 1. The van der Waals surface area contributed by atoms with Gasteiger partial charge in [-0.05, 0) is 25.6 Å². The molecule has 2 saturated heterocycles. The molecule has 0 bridgehead atoms. The fourth-order valence-corrected chi connectivity index (χ4v) is 3.55. The normalized spacial score (nSPS) is 25.3. The summed E-state index contributed by atoms with van der Waals surface area (Å²) >= 11 is 0. The molecule has 138 valence electrons. The molecule has 3 rings (SSSR count). The fraction of sp³-hybridized carbons (Fsp3) is 0.632. The van der Waals surface area contributed by atoms with Crippen LogP contribution in [-0.4, -0.2) is 90.8 Å². The number of nitrogens with zero attached hydrogens (tertiary/aromatic N) is 3. The van der Waals surface area contributed by atoms with Crippen molar-refractivity contribution in [3.63, 3.8) is 0 Å². The summed E-state index contributed by atoms with van der Waals surface area (Å²) in [6, 6.07) is 9.53. The summed E-state index contributed by atoms with van der Waals surface area (Å²) < 4.78 is 5.60. The van der Waals surface area contributed by atoms with E-state index in [2.05, 4.69) is 16.8 Å². The van der Waals surface area contributed by atoms with E-state index in [1.807, 2.05) is 30.3 Å². The van der Waals surface area contributed by atoms with Crippen molar-refractivity contribution in [2.45, 2.75) is 18.4 Å². The molecule has 1 N–H and O–H groups in total. The Bertz CT molecular complexity index is 560. The molecule has 1 atom stereocenters. The first-order valence-corrected chi connectivity index (χ1v) is 9.13. The van der Waals surface area contributed by atoms with Crippen LogP contribution in [0.15, 0.2) is 30.3 Å². The largest absolute Gasteiger partial charge is 0.493 e. The first kappa shape index (κ1) is 18.2. The van der Waals surface area contributed by atoms with Gasteiger partial charge in [-0.15, -0.1) is 0 Å². The molecule has 25 heavy (non-hydrogen) atoms. The molecule has 0 aromatic heterocycles. The minimum atomic E-state index is -0.772. The lowest BCUT2D eigenvalue weighted by Gasteiger charge is -2.36. The van der Waals surface area contributed by atoms with Gasteiger partial charge in [0, 0.05) is 39.3 Å². The lowest BCUT2D eigenvalue weighted by atomic mass is 10.0. The molecule has 6 heteroatoms. The number of piperazine rings is 1. The quantitative estimate of drug-likeness (QED) is 0.820. The van der Waals surface area contributed by atoms with Gasteiger partial charge >= 0.3 is 0 Å². The van der Waals surface area contributed by atoms with Crippen molar-refractivity contribution < 1.29 is 14.6 Å². The van der Waals surface area contributed by atoms with E-state index in [9.17, 15) is 9.90 Å². The van der Waals surface area contributed by atoms with E-state index < -0.39 is 5.60 Å². The molecular weight excluding hydrogens is 318 g/mol. The Morgan fingerprint density at radius 1 is 1.16 bits per heavy atom. The first-order chi connectivity index (χ1) is 12.0. The average Bonchev–Trinajstić information content (AvgIpc) is 3.00. The number of hydrogen-bond donors (Lipinski definition) is 1. The predicted molar refractivity (Wildman–Crippen MR) is 96.6 cm³/mol. The number of amides is 1. The Morgan fingerprint density at radius 3 is 2.60 bits per heavy atom. The van der Waals surface area contributed by atoms with Crippen molar-refractivity contribution in [1.82, 2.24) is 14.7 Å². The van der Waals surface area contributed by atoms with Crippen LogP contribution in [0.1, 0.15) is 12.8 Å². The van der Waals surface area contributed by atoms with E-state index in [1.165, 1.54) is 0 Å². The molecule has 1 aromatic rings. The van der Waals surface area contributed by atoms with Crippen LogP contribution in [-0.2, 0) is 4.79 Å². The monoisotopic (exact) mass is 347 g/mol. The zero-order valence-corrected chi connectivity index (χ0v) is 15.1. The molecule has 1 amide bonds. The molecule has 1 aromatic carbocycles. The average molecular weight is 347 g/mol. The number of hydrogen-bond acceptors (Lipinski definition) is 5. The van der Waals surface area contributed by atoms with Crippen LogP contribution in [0, 0.1) is 0 Å². The highest BCUT2D eigenvalue weighted by atomic mass is 16.5. The lowest BCUT2D eigenvalue weighted by Crippen LogP contribution is -2.52. The number of aliphatic hydroxyl groups is 1. The Hall–Kier alpha value is -1.63. The van der Waals surface area contributed by atoms with E-state index in [4.69, 9.17) is 4.74 Å². The Labute approximate surface area is 150 Å². The highest BCUT2D eigenvalue weighted by Crippen LogP contribution is 2.23. The van der Waals surface area contributed by atoms with Gasteiger partial charge < -0.3 is 19.6 Å². The zero-order chi connectivity index (χ0) is 17.7. The summed E-state index contributed by atoms with van der Waals surface area (Å²) in [5.41, 5.74) is -0.772. The molecule has 6 nitrogen and oxygen atoms in total. The third-order valence-electron chi connectivity index (χ3n) is 5.13. The van der Waals surface area contributed by atoms with Crippen molar-refractivity contribution in [2.75, 3.05) is 59.5 Å². The van der Waals surface area contributed by atoms with Crippen molar-refractivity contribution >= 4 is 5.91 Å². The Kier molecular flexibility index (Phi) is 5.93. The Morgan fingerprint density at radius 2 is 1.88 bits per heavy atom. The molecule has 0 saturated carbocycles. The van der Waals surface area contributed by atoms with Crippen molar-refractivity contribution in [1.29, 1.82) is 0 Å². The van der Waals surface area contributed by atoms with Crippen LogP contribution in [0.3, 0.4) is 0 Å². The van der Waals surface area contributed by atoms with Crippen LogP contribution in [0.25, 0.3) is 0 Å². The second-order valence-electron chi connectivity index (χ2n) is 7.28. The third-order valence-corrected chi connectivity index (χ3v) is 5.13. The van der Waals surface area contributed by atoms with E-state index in [-0.39, 0.29) is 5.91 Å². The smallest absolute Gasteiger partial charge is 0.226 e. The maximum absolute atomic E-state index is 12.4. The van der Waals surface area contributed by atoms with Crippen molar-refractivity contribution in [2.24, 2.45) is 0 Å². The summed E-state index contributed by atoms with van der Waals surface area (Å²) in [5.74, 6) is 0.841. The van der Waals surface area contributed by atoms with Crippen LogP contribution in [0.2, 0.25) is 0 Å². The summed E-state index contributed by atoms with van der Waals surface area (Å²) in [7, 11) is 2.12. The number of benzene rings is 1. The highest BCUT2D eigenvalue weighted by molar-refractivity contribution is 5.76. The first-order valence-electron chi connectivity index (χ1n) is 9.13. The number of carbonyl (C=O) groups is 1. The Balaban J connectivity index is 1.41. The maximum Gasteiger partial charge on any atom is 0.226 e. The second kappa shape index (κ2) is 8.17. The van der Waals surface area contributed by atoms with E-state index in [1.54, 1.807) is 4.90 Å².